The van der Waals surface area contributed by atoms with Crippen LogP contribution in [0.5, 0.6) is 0 Å². The van der Waals surface area contributed by atoms with E-state index in [1.54, 1.807) is 11.3 Å². The molecule has 1 aromatic heterocycles. The summed E-state index contributed by atoms with van der Waals surface area (Å²) in [5.41, 5.74) is 0. The SMILES string of the molecule is Cc1ccc(CNC(=O)NC[C@H](CC(=O)O)CC(C)C)s1. The van der Waals surface area contributed by atoms with E-state index < -0.39 is 5.97 Å². The van der Waals surface area contributed by atoms with Crippen LogP contribution in [0.25, 0.3) is 0 Å². The van der Waals surface area contributed by atoms with E-state index in [0.29, 0.717) is 19.0 Å². The highest BCUT2D eigenvalue weighted by Gasteiger charge is 2.16. The number of aryl methyl sites for hydroxylation is 1. The van der Waals surface area contributed by atoms with Gasteiger partial charge < -0.3 is 15.7 Å². The maximum absolute atomic E-state index is 11.7. The number of carbonyl (C=O) groups is 2. The van der Waals surface area contributed by atoms with Crippen molar-refractivity contribution in [3.8, 4) is 0 Å². The Balaban J connectivity index is 2.33. The minimum absolute atomic E-state index is 0.0303. The van der Waals surface area contributed by atoms with Gasteiger partial charge in [0, 0.05) is 22.7 Å². The number of carboxylic acid groups (broad SMARTS) is 1. The third-order valence-corrected chi connectivity index (χ3v) is 4.04. The molecule has 0 aliphatic carbocycles. The number of nitrogens with one attached hydrogen (secondary N) is 2. The minimum atomic E-state index is -0.822. The minimum Gasteiger partial charge on any atom is -0.481 e. The molecule has 1 aromatic rings. The second-order valence-electron chi connectivity index (χ2n) is 5.67. The molecule has 0 bridgehead atoms. The Bertz CT molecular complexity index is 471. The lowest BCUT2D eigenvalue weighted by molar-refractivity contribution is -0.138. The second kappa shape index (κ2) is 8.67. The molecular formula is C15H24N2O3S. The zero-order valence-electron chi connectivity index (χ0n) is 12.8. The Morgan fingerprint density at radius 1 is 1.29 bits per heavy atom. The Morgan fingerprint density at radius 2 is 2.00 bits per heavy atom. The van der Waals surface area contributed by atoms with Gasteiger partial charge in [-0.05, 0) is 37.3 Å². The first-order valence-corrected chi connectivity index (χ1v) is 7.97. The number of thiophene rings is 1. The van der Waals surface area contributed by atoms with Crippen molar-refractivity contribution in [3.05, 3.63) is 21.9 Å². The molecule has 118 valence electrons. The van der Waals surface area contributed by atoms with Gasteiger partial charge in [0.15, 0.2) is 0 Å². The van der Waals surface area contributed by atoms with Crippen LogP contribution in [0.2, 0.25) is 0 Å². The average molecular weight is 312 g/mol. The van der Waals surface area contributed by atoms with Gasteiger partial charge in [-0.25, -0.2) is 4.79 Å². The molecule has 0 aromatic carbocycles. The van der Waals surface area contributed by atoms with Crippen molar-refractivity contribution in [2.75, 3.05) is 6.54 Å². The van der Waals surface area contributed by atoms with Crippen LogP contribution in [0.3, 0.4) is 0 Å². The van der Waals surface area contributed by atoms with E-state index >= 15 is 0 Å². The normalized spacial score (nSPS) is 12.2. The van der Waals surface area contributed by atoms with Crippen LogP contribution in [0.4, 0.5) is 4.79 Å². The summed E-state index contributed by atoms with van der Waals surface area (Å²) in [4.78, 5) is 24.9. The van der Waals surface area contributed by atoms with E-state index in [-0.39, 0.29) is 18.4 Å². The topological polar surface area (TPSA) is 78.4 Å². The Hall–Kier alpha value is -1.56. The first-order valence-electron chi connectivity index (χ1n) is 7.15. The fraction of sp³-hybridized carbons (Fsp3) is 0.600. The van der Waals surface area contributed by atoms with E-state index in [1.165, 1.54) is 4.88 Å². The number of carboxylic acids is 1. The van der Waals surface area contributed by atoms with Crippen molar-refractivity contribution < 1.29 is 14.7 Å². The van der Waals surface area contributed by atoms with Gasteiger partial charge in [0.25, 0.3) is 0 Å². The number of urea groups is 1. The van der Waals surface area contributed by atoms with E-state index in [9.17, 15) is 9.59 Å². The molecule has 0 radical (unpaired) electrons. The summed E-state index contributed by atoms with van der Waals surface area (Å²) in [7, 11) is 0. The van der Waals surface area contributed by atoms with Crippen molar-refractivity contribution in [2.24, 2.45) is 11.8 Å². The maximum Gasteiger partial charge on any atom is 0.315 e. The molecule has 5 nitrogen and oxygen atoms in total. The van der Waals surface area contributed by atoms with Crippen molar-refractivity contribution in [1.29, 1.82) is 0 Å². The molecule has 0 saturated carbocycles. The zero-order chi connectivity index (χ0) is 15.8. The van der Waals surface area contributed by atoms with Crippen molar-refractivity contribution in [1.82, 2.24) is 10.6 Å². The van der Waals surface area contributed by atoms with Crippen LogP contribution < -0.4 is 10.6 Å². The van der Waals surface area contributed by atoms with Crippen molar-refractivity contribution in [3.63, 3.8) is 0 Å². The molecule has 0 saturated heterocycles. The number of hydrogen-bond donors (Lipinski definition) is 3. The highest BCUT2D eigenvalue weighted by atomic mass is 32.1. The summed E-state index contributed by atoms with van der Waals surface area (Å²) in [5, 5.41) is 14.4. The van der Waals surface area contributed by atoms with Gasteiger partial charge in [-0.2, -0.15) is 0 Å². The highest BCUT2D eigenvalue weighted by molar-refractivity contribution is 7.11. The lowest BCUT2D eigenvalue weighted by Gasteiger charge is -2.17. The molecule has 1 atom stereocenters. The maximum atomic E-state index is 11.7. The van der Waals surface area contributed by atoms with Gasteiger partial charge in [-0.15, -0.1) is 11.3 Å². The lowest BCUT2D eigenvalue weighted by atomic mass is 9.94. The zero-order valence-corrected chi connectivity index (χ0v) is 13.6. The van der Waals surface area contributed by atoms with Crippen LogP contribution in [0.15, 0.2) is 12.1 Å². The van der Waals surface area contributed by atoms with Crippen molar-refractivity contribution in [2.45, 2.75) is 40.2 Å². The number of carbonyl (C=O) groups excluding carboxylic acids is 1. The summed E-state index contributed by atoms with van der Waals surface area (Å²) >= 11 is 1.65. The largest absolute Gasteiger partial charge is 0.481 e. The Morgan fingerprint density at radius 3 is 2.52 bits per heavy atom. The summed E-state index contributed by atoms with van der Waals surface area (Å²) in [5.74, 6) is -0.442. The van der Waals surface area contributed by atoms with Gasteiger partial charge in [0.2, 0.25) is 0 Å². The van der Waals surface area contributed by atoms with E-state index in [1.807, 2.05) is 32.9 Å². The van der Waals surface area contributed by atoms with E-state index in [4.69, 9.17) is 5.11 Å². The summed E-state index contributed by atoms with van der Waals surface area (Å²) in [6.45, 7) is 7.01. The molecule has 1 rings (SSSR count). The average Bonchev–Trinajstić information content (AvgIpc) is 2.78. The fourth-order valence-electron chi connectivity index (χ4n) is 2.20. The first kappa shape index (κ1) is 17.5. The summed E-state index contributed by atoms with van der Waals surface area (Å²) < 4.78 is 0. The molecule has 0 unspecified atom stereocenters. The standard InChI is InChI=1S/C15H24N2O3S/c1-10(2)6-12(7-14(18)19)8-16-15(20)17-9-13-5-4-11(3)21-13/h4-5,10,12H,6-9H2,1-3H3,(H,18,19)(H2,16,17,20)/t12-/m0/s1. The Labute approximate surface area is 129 Å². The molecule has 3 N–H and O–H groups in total. The highest BCUT2D eigenvalue weighted by Crippen LogP contribution is 2.15. The molecule has 0 fully saturated rings. The van der Waals surface area contributed by atoms with Gasteiger partial charge in [-0.1, -0.05) is 13.8 Å². The van der Waals surface area contributed by atoms with Gasteiger partial charge in [-0.3, -0.25) is 4.79 Å². The van der Waals surface area contributed by atoms with Crippen molar-refractivity contribution >= 4 is 23.3 Å². The molecular weight excluding hydrogens is 288 g/mol. The van der Waals surface area contributed by atoms with Crippen LogP contribution in [-0.4, -0.2) is 23.7 Å². The van der Waals surface area contributed by atoms with Crippen LogP contribution in [0.1, 0.15) is 36.4 Å². The summed E-state index contributed by atoms with van der Waals surface area (Å²) in [6, 6.07) is 3.76. The molecule has 0 aliphatic heterocycles. The number of rotatable bonds is 8. The van der Waals surface area contributed by atoms with Crippen LogP contribution in [0, 0.1) is 18.8 Å². The predicted octanol–water partition coefficient (Wildman–Crippen LogP) is 2.99. The Kier molecular flexibility index (Phi) is 7.22. The van der Waals surface area contributed by atoms with Gasteiger partial charge >= 0.3 is 12.0 Å². The molecule has 2 amide bonds. The molecule has 6 heteroatoms. The molecule has 0 spiro atoms. The first-order chi connectivity index (χ1) is 9.86. The van der Waals surface area contributed by atoms with Crippen LogP contribution >= 0.6 is 11.3 Å². The van der Waals surface area contributed by atoms with Gasteiger partial charge in [0.05, 0.1) is 6.54 Å². The third kappa shape index (κ3) is 7.70. The molecule has 0 aliphatic rings. The number of aliphatic carboxylic acids is 1. The third-order valence-electron chi connectivity index (χ3n) is 3.04. The summed E-state index contributed by atoms with van der Waals surface area (Å²) in [6.07, 6.45) is 0.874. The van der Waals surface area contributed by atoms with E-state index in [0.717, 1.165) is 11.3 Å². The predicted molar refractivity (Wildman–Crippen MR) is 84.5 cm³/mol. The number of amides is 2. The quantitative estimate of drug-likeness (QED) is 0.690. The molecule has 21 heavy (non-hydrogen) atoms. The smallest absolute Gasteiger partial charge is 0.315 e. The number of hydrogen-bond acceptors (Lipinski definition) is 3. The van der Waals surface area contributed by atoms with Crippen LogP contribution in [-0.2, 0) is 11.3 Å². The second-order valence-corrected chi connectivity index (χ2v) is 7.04. The fourth-order valence-corrected chi connectivity index (χ4v) is 3.03. The van der Waals surface area contributed by atoms with Gasteiger partial charge in [0.1, 0.15) is 0 Å². The lowest BCUT2D eigenvalue weighted by Crippen LogP contribution is -2.38. The monoisotopic (exact) mass is 312 g/mol. The van der Waals surface area contributed by atoms with E-state index in [2.05, 4.69) is 10.6 Å². The molecule has 1 heterocycles.